The second-order valence-electron chi connectivity index (χ2n) is 8.61. The Bertz CT molecular complexity index is 1360. The van der Waals surface area contributed by atoms with Gasteiger partial charge in [0.25, 0.3) is 0 Å². The molecule has 0 aliphatic heterocycles. The van der Waals surface area contributed by atoms with E-state index in [0.717, 1.165) is 29.4 Å². The predicted octanol–water partition coefficient (Wildman–Crippen LogP) is 5.21. The molecule has 1 N–H and O–H groups in total. The van der Waals surface area contributed by atoms with Crippen molar-refractivity contribution in [2.24, 2.45) is 0 Å². The van der Waals surface area contributed by atoms with Gasteiger partial charge in [0.1, 0.15) is 5.82 Å². The number of hydrogen-bond donors (Lipinski definition) is 1. The number of nitrogens with zero attached hydrogens (tertiary/aromatic N) is 3. The first-order valence-electron chi connectivity index (χ1n) is 11.4. The lowest BCUT2D eigenvalue weighted by molar-refractivity contribution is -0.116. The van der Waals surface area contributed by atoms with E-state index in [4.69, 9.17) is 0 Å². The van der Waals surface area contributed by atoms with Crippen LogP contribution in [0.25, 0.3) is 16.7 Å². The van der Waals surface area contributed by atoms with Crippen molar-refractivity contribution >= 4 is 28.4 Å². The van der Waals surface area contributed by atoms with Gasteiger partial charge >= 0.3 is 0 Å². The van der Waals surface area contributed by atoms with Gasteiger partial charge in [-0.15, -0.1) is 0 Å². The van der Waals surface area contributed by atoms with E-state index in [0.29, 0.717) is 17.2 Å². The average Bonchev–Trinajstić information content (AvgIpc) is 3.21. The van der Waals surface area contributed by atoms with Crippen molar-refractivity contribution in [3.8, 4) is 5.82 Å². The summed E-state index contributed by atoms with van der Waals surface area (Å²) in [6.45, 7) is 1.87. The number of nitrogens with one attached hydrogen (secondary N) is 1. The van der Waals surface area contributed by atoms with Gasteiger partial charge in [-0.25, -0.2) is 4.98 Å². The Morgan fingerprint density at radius 3 is 2.64 bits per heavy atom. The molecule has 5 rings (SSSR count). The lowest BCUT2D eigenvalue weighted by atomic mass is 9.89. The molecule has 1 amide bonds. The fourth-order valence-electron chi connectivity index (χ4n) is 4.42. The van der Waals surface area contributed by atoms with Crippen LogP contribution < -0.4 is 5.32 Å². The van der Waals surface area contributed by atoms with E-state index < -0.39 is 0 Å². The third kappa shape index (κ3) is 4.55. The molecule has 33 heavy (non-hydrogen) atoms. The fourth-order valence-corrected chi connectivity index (χ4v) is 4.42. The van der Waals surface area contributed by atoms with Crippen LogP contribution in [-0.2, 0) is 17.6 Å². The molecule has 0 saturated carbocycles. The highest BCUT2D eigenvalue weighted by Crippen LogP contribution is 2.23. The van der Waals surface area contributed by atoms with Crippen LogP contribution in [0.4, 0.5) is 5.82 Å². The van der Waals surface area contributed by atoms with Crippen LogP contribution in [0.15, 0.2) is 60.7 Å². The van der Waals surface area contributed by atoms with E-state index in [9.17, 15) is 9.59 Å². The summed E-state index contributed by atoms with van der Waals surface area (Å²) < 4.78 is 1.63. The molecule has 2 aromatic heterocycles. The highest BCUT2D eigenvalue weighted by Gasteiger charge is 2.16. The molecule has 166 valence electrons. The number of aryl methyl sites for hydroxylation is 3. The predicted molar refractivity (Wildman–Crippen MR) is 129 cm³/mol. The Hall–Kier alpha value is -3.80. The zero-order chi connectivity index (χ0) is 22.8. The highest BCUT2D eigenvalue weighted by atomic mass is 16.2. The van der Waals surface area contributed by atoms with E-state index in [2.05, 4.69) is 21.5 Å². The lowest BCUT2D eigenvalue weighted by Gasteiger charge is -2.16. The van der Waals surface area contributed by atoms with Crippen LogP contribution in [0.1, 0.15) is 52.9 Å². The number of carbonyl (C=O) groups excluding carboxylic acids is 2. The summed E-state index contributed by atoms with van der Waals surface area (Å²) in [5.74, 6) is 0.950. The molecule has 1 aliphatic carbocycles. The maximum Gasteiger partial charge on any atom is 0.225 e. The van der Waals surface area contributed by atoms with Crippen molar-refractivity contribution < 1.29 is 9.59 Å². The van der Waals surface area contributed by atoms with Gasteiger partial charge in [0.2, 0.25) is 5.91 Å². The number of ketones is 1. The monoisotopic (exact) mass is 438 g/mol. The Kier molecular flexibility index (Phi) is 5.73. The summed E-state index contributed by atoms with van der Waals surface area (Å²) in [5.41, 5.74) is 4.95. The summed E-state index contributed by atoms with van der Waals surface area (Å²) in [7, 11) is 0. The van der Waals surface area contributed by atoms with Crippen LogP contribution >= 0.6 is 0 Å². The van der Waals surface area contributed by atoms with Crippen molar-refractivity contribution in [2.45, 2.75) is 45.4 Å². The first-order valence-corrected chi connectivity index (χ1v) is 11.4. The van der Waals surface area contributed by atoms with Gasteiger partial charge in [0, 0.05) is 29.9 Å². The van der Waals surface area contributed by atoms with Crippen molar-refractivity contribution in [1.29, 1.82) is 0 Å². The molecule has 0 fully saturated rings. The van der Waals surface area contributed by atoms with Crippen LogP contribution in [0.2, 0.25) is 0 Å². The normalized spacial score (nSPS) is 13.0. The van der Waals surface area contributed by atoms with Crippen molar-refractivity contribution in [3.63, 3.8) is 0 Å². The number of para-hydroxylation sites is 1. The number of aromatic nitrogens is 3. The summed E-state index contributed by atoms with van der Waals surface area (Å²) in [4.78, 5) is 30.0. The summed E-state index contributed by atoms with van der Waals surface area (Å²) in [6, 6.07) is 19.5. The molecule has 0 unspecified atom stereocenters. The molecule has 0 atom stereocenters. The van der Waals surface area contributed by atoms with Gasteiger partial charge in [-0.05, 0) is 68.0 Å². The molecule has 0 bridgehead atoms. The molecule has 2 heterocycles. The Balaban J connectivity index is 1.27. The van der Waals surface area contributed by atoms with E-state index in [1.165, 1.54) is 24.0 Å². The minimum Gasteiger partial charge on any atom is -0.311 e. The minimum atomic E-state index is -0.219. The quantitative estimate of drug-likeness (QED) is 0.419. The molecular formula is C27H26N4O2. The maximum atomic E-state index is 12.7. The second kappa shape index (κ2) is 8.98. The number of anilines is 1. The second-order valence-corrected chi connectivity index (χ2v) is 8.61. The van der Waals surface area contributed by atoms with E-state index >= 15 is 0 Å². The summed E-state index contributed by atoms with van der Waals surface area (Å²) >= 11 is 0. The van der Waals surface area contributed by atoms with Gasteiger partial charge in [0.05, 0.1) is 11.2 Å². The van der Waals surface area contributed by atoms with Crippen LogP contribution in [0.5, 0.6) is 0 Å². The zero-order valence-corrected chi connectivity index (χ0v) is 18.7. The third-order valence-electron chi connectivity index (χ3n) is 6.15. The van der Waals surface area contributed by atoms with Gasteiger partial charge < -0.3 is 5.32 Å². The number of hydrogen-bond acceptors (Lipinski definition) is 4. The smallest absolute Gasteiger partial charge is 0.225 e. The molecular weight excluding hydrogens is 412 g/mol. The largest absolute Gasteiger partial charge is 0.311 e. The Labute approximate surface area is 192 Å². The van der Waals surface area contributed by atoms with E-state index in [1.807, 2.05) is 55.5 Å². The number of amides is 1. The van der Waals surface area contributed by atoms with Crippen molar-refractivity contribution in [3.05, 3.63) is 83.0 Å². The van der Waals surface area contributed by atoms with Crippen LogP contribution in [-0.4, -0.2) is 26.5 Å². The molecule has 2 aromatic carbocycles. The van der Waals surface area contributed by atoms with Gasteiger partial charge in [-0.3, -0.25) is 9.59 Å². The third-order valence-corrected chi connectivity index (χ3v) is 6.15. The van der Waals surface area contributed by atoms with Gasteiger partial charge in [-0.2, -0.15) is 9.78 Å². The number of fused-ring (bicyclic) bond motifs is 2. The fraction of sp³-hybridized carbons (Fsp3) is 0.259. The zero-order valence-electron chi connectivity index (χ0n) is 18.7. The molecule has 6 heteroatoms. The van der Waals surface area contributed by atoms with Crippen LogP contribution in [0.3, 0.4) is 0 Å². The number of carbonyl (C=O) groups is 2. The number of rotatable bonds is 6. The molecule has 0 spiro atoms. The first kappa shape index (κ1) is 21.1. The highest BCUT2D eigenvalue weighted by molar-refractivity contribution is 6.00. The van der Waals surface area contributed by atoms with E-state index in [-0.39, 0.29) is 24.5 Å². The Morgan fingerprint density at radius 2 is 1.76 bits per heavy atom. The van der Waals surface area contributed by atoms with Crippen molar-refractivity contribution in [1.82, 2.24) is 14.8 Å². The topological polar surface area (TPSA) is 76.9 Å². The molecule has 6 nitrogen and oxygen atoms in total. The van der Waals surface area contributed by atoms with Crippen LogP contribution in [0, 0.1) is 6.92 Å². The van der Waals surface area contributed by atoms with Gasteiger partial charge in [0.15, 0.2) is 11.6 Å². The number of pyridine rings is 1. The Morgan fingerprint density at radius 1 is 0.939 bits per heavy atom. The van der Waals surface area contributed by atoms with Crippen molar-refractivity contribution in [2.75, 3.05) is 5.32 Å². The van der Waals surface area contributed by atoms with Gasteiger partial charge in [-0.1, -0.05) is 30.3 Å². The standard InChI is InChI=1S/C27H26N4O2/c1-18-16-26(31(30-18)25-14-12-20-7-4-5-9-23(20)28-25)29-27(33)15-13-24(32)22-11-10-19-6-2-3-8-21(19)17-22/h4-5,7,9-12,14,16-17H,2-3,6,8,13,15H2,1H3,(H,29,33). The molecule has 0 saturated heterocycles. The molecule has 4 aromatic rings. The summed E-state index contributed by atoms with van der Waals surface area (Å²) in [5, 5.41) is 8.44. The lowest BCUT2D eigenvalue weighted by Crippen LogP contribution is -2.16. The first-order chi connectivity index (χ1) is 16.1. The average molecular weight is 439 g/mol. The molecule has 0 radical (unpaired) electrons. The minimum absolute atomic E-state index is 0.000549. The maximum absolute atomic E-state index is 12.7. The summed E-state index contributed by atoms with van der Waals surface area (Å²) in [6.07, 6.45) is 4.79. The molecule has 1 aliphatic rings. The number of benzene rings is 2. The number of Topliss-reactive ketones (excluding diaryl/α,β-unsaturated/α-hetero) is 1. The van der Waals surface area contributed by atoms with E-state index in [1.54, 1.807) is 10.7 Å². The SMILES string of the molecule is Cc1cc(NC(=O)CCC(=O)c2ccc3c(c2)CCCC3)n(-c2ccc3ccccc3n2)n1.